The summed E-state index contributed by atoms with van der Waals surface area (Å²) in [5, 5.41) is 2.41. The maximum Gasteiger partial charge on any atom is 0.136 e. The van der Waals surface area contributed by atoms with Crippen molar-refractivity contribution in [1.82, 2.24) is 4.98 Å². The van der Waals surface area contributed by atoms with E-state index in [1.807, 2.05) is 6.20 Å². The van der Waals surface area contributed by atoms with E-state index in [1.54, 1.807) is 0 Å². The van der Waals surface area contributed by atoms with E-state index in [9.17, 15) is 0 Å². The lowest BCUT2D eigenvalue weighted by molar-refractivity contribution is 0.443. The average Bonchev–Trinajstić information content (AvgIpc) is 3.27. The van der Waals surface area contributed by atoms with Gasteiger partial charge >= 0.3 is 0 Å². The number of fused-ring (bicyclic) bond motifs is 3. The molecule has 2 nitrogen and oxygen atoms in total. The van der Waals surface area contributed by atoms with Gasteiger partial charge in [-0.2, -0.15) is 0 Å². The van der Waals surface area contributed by atoms with Gasteiger partial charge in [0.05, 0.1) is 5.69 Å². The summed E-state index contributed by atoms with van der Waals surface area (Å²) in [5.74, 6) is 1.07. The fourth-order valence-corrected chi connectivity index (χ4v) is 5.65. The number of benzene rings is 3. The van der Waals surface area contributed by atoms with Crippen molar-refractivity contribution >= 4 is 21.9 Å². The van der Waals surface area contributed by atoms with Crippen LogP contribution < -0.4 is 0 Å². The lowest BCUT2D eigenvalue weighted by atomic mass is 9.84. The molecule has 1 aliphatic rings. The molecule has 0 bridgehead atoms. The van der Waals surface area contributed by atoms with E-state index in [1.165, 1.54) is 65.1 Å². The Morgan fingerprint density at radius 3 is 2.38 bits per heavy atom. The highest BCUT2D eigenvalue weighted by molar-refractivity contribution is 6.09. The predicted molar refractivity (Wildman–Crippen MR) is 142 cm³/mol. The summed E-state index contributed by atoms with van der Waals surface area (Å²) in [6, 6.07) is 26.2. The summed E-state index contributed by atoms with van der Waals surface area (Å²) in [6.45, 7) is 4.53. The minimum absolute atomic E-state index is 0.392. The Labute approximate surface area is 201 Å². The highest BCUT2D eigenvalue weighted by Crippen LogP contribution is 2.40. The Morgan fingerprint density at radius 1 is 0.765 bits per heavy atom. The molecule has 0 unspecified atom stereocenters. The van der Waals surface area contributed by atoms with Crippen LogP contribution in [0.25, 0.3) is 44.3 Å². The van der Waals surface area contributed by atoms with Gasteiger partial charge in [-0.3, -0.25) is 4.98 Å². The minimum Gasteiger partial charge on any atom is -0.456 e. The zero-order valence-corrected chi connectivity index (χ0v) is 20.1. The molecule has 0 atom stereocenters. The molecule has 2 heterocycles. The third-order valence-electron chi connectivity index (χ3n) is 7.49. The molecule has 3 aromatic carbocycles. The van der Waals surface area contributed by atoms with Crippen LogP contribution in [0.4, 0.5) is 0 Å². The summed E-state index contributed by atoms with van der Waals surface area (Å²) in [7, 11) is 0. The van der Waals surface area contributed by atoms with Crippen LogP contribution in [0.1, 0.15) is 68.9 Å². The molecule has 0 N–H and O–H groups in total. The smallest absolute Gasteiger partial charge is 0.136 e. The van der Waals surface area contributed by atoms with Crippen molar-refractivity contribution in [2.75, 3.05) is 0 Å². The van der Waals surface area contributed by atoms with Crippen LogP contribution in [0.3, 0.4) is 0 Å². The van der Waals surface area contributed by atoms with Gasteiger partial charge in [0.1, 0.15) is 11.2 Å². The van der Waals surface area contributed by atoms with Crippen molar-refractivity contribution < 1.29 is 4.42 Å². The number of nitrogens with zero attached hydrogens (tertiary/aromatic N) is 1. The Balaban J connectivity index is 1.48. The Morgan fingerprint density at radius 2 is 1.59 bits per heavy atom. The molecule has 0 radical (unpaired) electrons. The molecule has 1 aliphatic carbocycles. The average molecular weight is 446 g/mol. The predicted octanol–water partition coefficient (Wildman–Crippen LogP) is 9.49. The molecule has 2 aromatic heterocycles. The largest absolute Gasteiger partial charge is 0.456 e. The third-order valence-corrected chi connectivity index (χ3v) is 7.49. The number of pyridine rings is 1. The molecule has 6 rings (SSSR count). The molecule has 0 amide bonds. The number of hydrogen-bond acceptors (Lipinski definition) is 2. The summed E-state index contributed by atoms with van der Waals surface area (Å²) >= 11 is 0. The van der Waals surface area contributed by atoms with E-state index in [2.05, 4.69) is 86.6 Å². The molecule has 34 heavy (non-hydrogen) atoms. The van der Waals surface area contributed by atoms with Crippen LogP contribution in [0.15, 0.2) is 83.4 Å². The summed E-state index contributed by atoms with van der Waals surface area (Å²) in [5.41, 5.74) is 9.32. The highest BCUT2D eigenvalue weighted by Gasteiger charge is 2.18. The summed E-state index contributed by atoms with van der Waals surface area (Å²) in [4.78, 5) is 4.76. The van der Waals surface area contributed by atoms with Crippen LogP contribution in [0.2, 0.25) is 0 Å². The fraction of sp³-hybridized carbons (Fsp3) is 0.281. The van der Waals surface area contributed by atoms with E-state index in [-0.39, 0.29) is 0 Å². The van der Waals surface area contributed by atoms with Crippen molar-refractivity contribution in [3.05, 3.63) is 90.1 Å². The van der Waals surface area contributed by atoms with Gasteiger partial charge in [0, 0.05) is 22.5 Å². The second-order valence-electron chi connectivity index (χ2n) is 10.1. The standard InChI is InChI=1S/C32H31NO/c1-21(2)27-18-26(23-11-7-4-8-12-23)20-31-32(27)28-17-25(13-14-30(28)34-31)29-19-24(15-16-33-29)22-9-5-3-6-10-22/h4,7-8,11-22H,3,5-6,9-10H2,1-2H3. The second-order valence-corrected chi connectivity index (χ2v) is 10.1. The molecule has 1 saturated carbocycles. The quantitative estimate of drug-likeness (QED) is 0.275. The molecule has 170 valence electrons. The minimum atomic E-state index is 0.392. The number of rotatable bonds is 4. The van der Waals surface area contributed by atoms with Crippen LogP contribution in [-0.4, -0.2) is 4.98 Å². The molecule has 0 spiro atoms. The molecule has 0 aliphatic heterocycles. The van der Waals surface area contributed by atoms with E-state index < -0.39 is 0 Å². The first-order valence-electron chi connectivity index (χ1n) is 12.7. The molecule has 2 heteroatoms. The molecular weight excluding hydrogens is 414 g/mol. The zero-order valence-electron chi connectivity index (χ0n) is 20.1. The zero-order chi connectivity index (χ0) is 23.1. The van der Waals surface area contributed by atoms with Gasteiger partial charge in [-0.25, -0.2) is 0 Å². The van der Waals surface area contributed by atoms with E-state index in [0.717, 1.165) is 22.4 Å². The summed E-state index contributed by atoms with van der Waals surface area (Å²) < 4.78 is 6.39. The van der Waals surface area contributed by atoms with Gasteiger partial charge in [-0.1, -0.05) is 69.5 Å². The van der Waals surface area contributed by atoms with E-state index >= 15 is 0 Å². The second kappa shape index (κ2) is 8.76. The van der Waals surface area contributed by atoms with E-state index in [0.29, 0.717) is 11.8 Å². The molecule has 1 fully saturated rings. The van der Waals surface area contributed by atoms with Gasteiger partial charge in [0.2, 0.25) is 0 Å². The number of hydrogen-bond donors (Lipinski definition) is 0. The van der Waals surface area contributed by atoms with Crippen LogP contribution in [-0.2, 0) is 0 Å². The fourth-order valence-electron chi connectivity index (χ4n) is 5.65. The van der Waals surface area contributed by atoms with Crippen molar-refractivity contribution in [3.63, 3.8) is 0 Å². The van der Waals surface area contributed by atoms with Gasteiger partial charge in [-0.05, 0) is 83.3 Å². The topological polar surface area (TPSA) is 26.0 Å². The Hall–Kier alpha value is -3.39. The van der Waals surface area contributed by atoms with Crippen molar-refractivity contribution in [2.45, 2.75) is 57.8 Å². The van der Waals surface area contributed by atoms with Crippen LogP contribution in [0, 0.1) is 0 Å². The lowest BCUT2D eigenvalue weighted by Crippen LogP contribution is -2.04. The molecule has 0 saturated heterocycles. The summed E-state index contributed by atoms with van der Waals surface area (Å²) in [6.07, 6.45) is 8.66. The molecule has 5 aromatic rings. The van der Waals surface area contributed by atoms with Gasteiger partial charge in [0.25, 0.3) is 0 Å². The third kappa shape index (κ3) is 3.81. The monoisotopic (exact) mass is 445 g/mol. The number of furan rings is 1. The lowest BCUT2D eigenvalue weighted by Gasteiger charge is -2.22. The maximum atomic E-state index is 6.39. The van der Waals surface area contributed by atoms with Gasteiger partial charge in [-0.15, -0.1) is 0 Å². The SMILES string of the molecule is CC(C)c1cc(-c2ccccc2)cc2oc3ccc(-c4cc(C5CCCCC5)ccn4)cc3c12. The first-order chi connectivity index (χ1) is 16.7. The van der Waals surface area contributed by atoms with Gasteiger partial charge < -0.3 is 4.42 Å². The van der Waals surface area contributed by atoms with Crippen molar-refractivity contribution in [1.29, 1.82) is 0 Å². The van der Waals surface area contributed by atoms with Crippen LogP contribution in [0.5, 0.6) is 0 Å². The van der Waals surface area contributed by atoms with Gasteiger partial charge in [0.15, 0.2) is 0 Å². The maximum absolute atomic E-state index is 6.39. The Bertz CT molecular complexity index is 1460. The first-order valence-corrected chi connectivity index (χ1v) is 12.7. The van der Waals surface area contributed by atoms with Crippen LogP contribution >= 0.6 is 0 Å². The number of aromatic nitrogens is 1. The molecular formula is C32H31NO. The van der Waals surface area contributed by atoms with E-state index in [4.69, 9.17) is 9.40 Å². The highest BCUT2D eigenvalue weighted by atomic mass is 16.3. The van der Waals surface area contributed by atoms with Crippen molar-refractivity contribution in [3.8, 4) is 22.4 Å². The first kappa shape index (κ1) is 21.2. The van der Waals surface area contributed by atoms with Crippen molar-refractivity contribution in [2.24, 2.45) is 0 Å². The Kier molecular flexibility index (Phi) is 5.45. The normalized spacial score (nSPS) is 14.9.